The summed E-state index contributed by atoms with van der Waals surface area (Å²) >= 11 is 0. The maximum Gasteiger partial charge on any atom is 0.407 e. The summed E-state index contributed by atoms with van der Waals surface area (Å²) in [5.74, 6) is -1.03. The van der Waals surface area contributed by atoms with Crippen LogP contribution >= 0.6 is 21.6 Å². The van der Waals surface area contributed by atoms with Crippen molar-refractivity contribution < 1.29 is 142 Å². The van der Waals surface area contributed by atoms with E-state index in [9.17, 15) is 94.2 Å². The highest BCUT2D eigenvalue weighted by Gasteiger charge is 2.45. The molecule has 4 fully saturated rings. The Labute approximate surface area is 724 Å². The number of amides is 4. The number of nitrogens with one attached hydrogen (secondary N) is 3. The third-order valence-corrected chi connectivity index (χ3v) is 25.7. The van der Waals surface area contributed by atoms with Gasteiger partial charge in [0.1, 0.15) is 54.0 Å². The molecule has 0 saturated carbocycles. The van der Waals surface area contributed by atoms with Gasteiger partial charge in [-0.05, 0) is 127 Å². The summed E-state index contributed by atoms with van der Waals surface area (Å²) in [5, 5.41) is 108. The van der Waals surface area contributed by atoms with Gasteiger partial charge in [0, 0.05) is 133 Å². The topological polar surface area (TPSA) is 488 Å². The molecule has 4 aliphatic rings. The van der Waals surface area contributed by atoms with Crippen molar-refractivity contribution in [1.29, 1.82) is 0 Å². The van der Waals surface area contributed by atoms with Gasteiger partial charge in [-0.1, -0.05) is 100 Å². The molecule has 35 heteroatoms. The van der Waals surface area contributed by atoms with Crippen molar-refractivity contribution in [3.63, 3.8) is 0 Å². The molecule has 15 unspecified atom stereocenters. The van der Waals surface area contributed by atoms with Crippen LogP contribution in [0.15, 0.2) is 0 Å². The van der Waals surface area contributed by atoms with Crippen LogP contribution in [0, 0.1) is 23.2 Å². The summed E-state index contributed by atoms with van der Waals surface area (Å²) in [4.78, 5) is 119. The number of ketones is 3. The molecule has 4 amide bonds. The van der Waals surface area contributed by atoms with E-state index in [1.54, 1.807) is 54.4 Å². The highest BCUT2D eigenvalue weighted by molar-refractivity contribution is 8.76. The summed E-state index contributed by atoms with van der Waals surface area (Å²) in [5.41, 5.74) is -0.645. The van der Waals surface area contributed by atoms with Crippen LogP contribution in [0.4, 0.5) is 4.79 Å². The van der Waals surface area contributed by atoms with E-state index in [2.05, 4.69) is 16.0 Å². The first-order valence-corrected chi connectivity index (χ1v) is 47.5. The molecule has 17 atom stereocenters. The number of rotatable bonds is 71. The Bertz CT molecular complexity index is 2640. The quantitative estimate of drug-likeness (QED) is 0.0129. The molecule has 0 radical (unpaired) electrons. The zero-order chi connectivity index (χ0) is 88.6. The Morgan fingerprint density at radius 2 is 0.760 bits per heavy atom. The lowest BCUT2D eigenvalue weighted by atomic mass is 9.71. The van der Waals surface area contributed by atoms with Gasteiger partial charge in [-0.2, -0.15) is 0 Å². The standard InChI is InChI=1S/C86H152N4O29S2/c1-60-76(103)79(106)68(57-92)117-82(60)113-45-22-31-64(95)29-14-8-5-13-21-44-89-85(109)116-50-28-41-86(54-66(97)38-52-121-120-51-25-32-65(96)30-17-18-35-73(100)90-55-67(110-4)53-63(90)56-91,39-26-48-111-74(101)36-15-9-6-11-19-42-87-71(98)33-23-46-114-83-61(2)77(104)80(107)69(58-93)118-83)40-27-49-112-75(102)37-16-10-7-12-20-43-88-72(99)34-24-47-115-84-62(3)78(105)81(108)70(59-94)119-84/h60-63,67-70,76-84,91-94,103-108H,5-59H2,1-4H3,(H,87,98)(H,88,99)(H,89,109)/t60?,61?,62?,63-,67+,68?,69?,70?,76?,77?,78?,79?,80?,81?,82?,83?,84?,86?/m1/s1. The van der Waals surface area contributed by atoms with E-state index in [-0.39, 0.29) is 144 Å². The third kappa shape index (κ3) is 45.3. The number of nitrogens with zero attached hydrogens (tertiary/aromatic N) is 1. The van der Waals surface area contributed by atoms with Crippen molar-refractivity contribution in [3.8, 4) is 0 Å². The highest BCUT2D eigenvalue weighted by atomic mass is 33.1. The fourth-order valence-corrected chi connectivity index (χ4v) is 17.7. The van der Waals surface area contributed by atoms with E-state index < -0.39 is 123 Å². The molecule has 0 spiro atoms. The van der Waals surface area contributed by atoms with Gasteiger partial charge in [0.05, 0.1) is 96.5 Å². The van der Waals surface area contributed by atoms with Crippen LogP contribution in [-0.4, -0.2) is 306 Å². The SMILES string of the molecule is CO[C@H]1C[C@H](CO)N(C(=O)CCCCC(=O)CCCSSCCC(=O)CC(CCCOC(=O)CCCCCCCNC(=O)CCCOC2OC(CO)C(O)C(O)C2C)(CCCOC(=O)CCCCCCCNC(=O)CCCOC2OC(CO)C(O)C(O)C2C)CCCOC(=O)NCCCCCCCC(=O)CCCOC2OC(CO)C(O)C(O)C2C)C1. The Morgan fingerprint density at radius 1 is 0.388 bits per heavy atom. The number of ether oxygens (including phenoxy) is 10. The first-order chi connectivity index (χ1) is 58.3. The number of unbranched alkanes of at least 4 members (excludes halogenated alkanes) is 13. The van der Waals surface area contributed by atoms with Crippen molar-refractivity contribution in [1.82, 2.24) is 20.9 Å². The normalized spacial score (nSPS) is 25.3. The van der Waals surface area contributed by atoms with Crippen molar-refractivity contribution in [2.45, 2.75) is 357 Å². The van der Waals surface area contributed by atoms with Gasteiger partial charge in [0.25, 0.3) is 0 Å². The van der Waals surface area contributed by atoms with Crippen LogP contribution in [0.5, 0.6) is 0 Å². The monoisotopic (exact) mass is 1770 g/mol. The number of hydrogen-bond donors (Lipinski definition) is 13. The lowest BCUT2D eigenvalue weighted by molar-refractivity contribution is -0.282. The average molecular weight is 1770 g/mol. The number of methoxy groups -OCH3 is 1. The molecule has 13 N–H and O–H groups in total. The fraction of sp³-hybridized carbons (Fsp3) is 0.895. The van der Waals surface area contributed by atoms with Crippen molar-refractivity contribution in [2.24, 2.45) is 23.2 Å². The largest absolute Gasteiger partial charge is 0.466 e. The molecule has 0 aromatic rings. The third-order valence-electron chi connectivity index (χ3n) is 23.2. The zero-order valence-electron chi connectivity index (χ0n) is 72.7. The summed E-state index contributed by atoms with van der Waals surface area (Å²) in [6, 6.07) is -0.254. The predicted octanol–water partition coefficient (Wildman–Crippen LogP) is 6.81. The number of Topliss-reactive ketones (excluding diaryl/α,β-unsaturated/α-hetero) is 3. The first kappa shape index (κ1) is 109. The highest BCUT2D eigenvalue weighted by Crippen LogP contribution is 2.41. The number of hydrogen-bond acceptors (Lipinski definition) is 31. The maximum atomic E-state index is 14.2. The number of aliphatic hydroxyl groups excluding tert-OH is 10. The minimum atomic E-state index is -1.22. The summed E-state index contributed by atoms with van der Waals surface area (Å²) in [7, 11) is 4.76. The molecule has 0 aromatic heterocycles. The Kier molecular flexibility index (Phi) is 58.8. The lowest BCUT2D eigenvalue weighted by Crippen LogP contribution is -2.55. The van der Waals surface area contributed by atoms with Gasteiger partial charge in [-0.3, -0.25) is 38.4 Å². The van der Waals surface area contributed by atoms with Gasteiger partial charge in [-0.15, -0.1) is 0 Å². The minimum Gasteiger partial charge on any atom is -0.466 e. The molecule has 0 aromatic carbocycles. The van der Waals surface area contributed by atoms with Crippen LogP contribution in [0.25, 0.3) is 0 Å². The van der Waals surface area contributed by atoms with Crippen molar-refractivity contribution >= 4 is 74.7 Å². The summed E-state index contributed by atoms with van der Waals surface area (Å²) < 4.78 is 56.6. The van der Waals surface area contributed by atoms with E-state index >= 15 is 0 Å². The van der Waals surface area contributed by atoms with Crippen LogP contribution in [0.3, 0.4) is 0 Å². The maximum absolute atomic E-state index is 14.2. The fourth-order valence-electron chi connectivity index (χ4n) is 15.6. The second-order valence-electron chi connectivity index (χ2n) is 33.2. The molecule has 0 bridgehead atoms. The number of carbonyl (C=O) groups excluding carboxylic acids is 9. The van der Waals surface area contributed by atoms with E-state index in [4.69, 9.17) is 47.4 Å². The second kappa shape index (κ2) is 65.2. The smallest absolute Gasteiger partial charge is 0.407 e. The van der Waals surface area contributed by atoms with Gasteiger partial charge >= 0.3 is 18.0 Å². The molecule has 4 heterocycles. The number of esters is 2. The number of carbonyl (C=O) groups is 9. The molecule has 4 saturated heterocycles. The molecule has 0 aliphatic carbocycles. The predicted molar refractivity (Wildman–Crippen MR) is 452 cm³/mol. The second-order valence-corrected chi connectivity index (χ2v) is 35.9. The average Bonchev–Trinajstić information content (AvgIpc) is 1.50. The molecular weight excluding hydrogens is 1620 g/mol. The van der Waals surface area contributed by atoms with Gasteiger partial charge < -0.3 is 119 Å². The summed E-state index contributed by atoms with van der Waals surface area (Å²) in [6.07, 6.45) is 8.29. The van der Waals surface area contributed by atoms with Gasteiger partial charge in [-0.25, -0.2) is 4.79 Å². The van der Waals surface area contributed by atoms with Crippen LogP contribution in [0.2, 0.25) is 0 Å². The number of alkyl carbamates (subject to hydrolysis) is 1. The minimum absolute atomic E-state index is 0.0304. The van der Waals surface area contributed by atoms with E-state index in [0.717, 1.165) is 77.0 Å². The van der Waals surface area contributed by atoms with Crippen LogP contribution in [-0.2, 0) is 85.7 Å². The number of likely N-dealkylation sites (tertiary alicyclic amines) is 1. The molecular formula is C86H152N4O29S2. The van der Waals surface area contributed by atoms with Crippen molar-refractivity contribution in [2.75, 3.05) is 111 Å². The molecule has 702 valence electrons. The zero-order valence-corrected chi connectivity index (χ0v) is 74.3. The lowest BCUT2D eigenvalue weighted by Gasteiger charge is -2.40. The van der Waals surface area contributed by atoms with Gasteiger partial charge in [0.2, 0.25) is 17.7 Å². The Balaban J connectivity index is 1.25. The van der Waals surface area contributed by atoms with E-state index in [0.29, 0.717) is 173 Å². The van der Waals surface area contributed by atoms with Crippen molar-refractivity contribution in [3.05, 3.63) is 0 Å². The molecule has 33 nitrogen and oxygen atoms in total. The Hall–Kier alpha value is -4.35. The van der Waals surface area contributed by atoms with Crippen LogP contribution in [0.1, 0.15) is 271 Å². The van der Waals surface area contributed by atoms with Crippen LogP contribution < -0.4 is 16.0 Å². The Morgan fingerprint density at radius 3 is 1.20 bits per heavy atom. The van der Waals surface area contributed by atoms with Gasteiger partial charge in [0.15, 0.2) is 18.9 Å². The first-order valence-electron chi connectivity index (χ1n) is 45.0. The summed E-state index contributed by atoms with van der Waals surface area (Å²) in [6.45, 7) is 6.25. The molecule has 121 heavy (non-hydrogen) atoms. The van der Waals surface area contributed by atoms with E-state index in [1.165, 1.54) is 0 Å². The van der Waals surface area contributed by atoms with E-state index in [1.807, 2.05) is 0 Å². The number of aliphatic hydroxyl groups is 10. The molecule has 4 aliphatic heterocycles. The molecule has 4 rings (SSSR count).